The third-order valence-corrected chi connectivity index (χ3v) is 2.34. The predicted octanol–water partition coefficient (Wildman–Crippen LogP) is 1.55. The third-order valence-electron chi connectivity index (χ3n) is 2.34. The quantitative estimate of drug-likeness (QED) is 0.731. The summed E-state index contributed by atoms with van der Waals surface area (Å²) in [5.74, 6) is -4.52. The Kier molecular flexibility index (Phi) is 4.04. The van der Waals surface area contributed by atoms with Gasteiger partial charge in [0.25, 0.3) is 0 Å². The van der Waals surface area contributed by atoms with Gasteiger partial charge in [-0.25, -0.2) is 14.4 Å². The van der Waals surface area contributed by atoms with E-state index in [0.717, 1.165) is 0 Å². The summed E-state index contributed by atoms with van der Waals surface area (Å²) in [6.07, 6.45) is 0.824. The van der Waals surface area contributed by atoms with Crippen molar-refractivity contribution in [2.75, 3.05) is 0 Å². The number of hydrogen-bond donors (Lipinski definition) is 3. The van der Waals surface area contributed by atoms with Crippen LogP contribution in [0.5, 0.6) is 0 Å². The predicted molar refractivity (Wildman–Crippen MR) is 61.0 cm³/mol. The second-order valence-corrected chi connectivity index (χ2v) is 3.58. The van der Waals surface area contributed by atoms with E-state index in [0.29, 0.717) is 18.4 Å². The molecule has 6 heteroatoms. The van der Waals surface area contributed by atoms with Crippen LogP contribution in [0, 0.1) is 6.92 Å². The fourth-order valence-electron chi connectivity index (χ4n) is 1.62. The van der Waals surface area contributed by atoms with Gasteiger partial charge in [0.2, 0.25) is 0 Å². The molecule has 18 heavy (non-hydrogen) atoms. The van der Waals surface area contributed by atoms with E-state index in [4.69, 9.17) is 15.3 Å². The summed E-state index contributed by atoms with van der Waals surface area (Å²) in [5, 5.41) is 26.8. The molecular formula is C12H11O6. The molecule has 0 saturated carbocycles. The summed E-state index contributed by atoms with van der Waals surface area (Å²) < 4.78 is 0. The normalized spacial score (nSPS) is 10.1. The Morgan fingerprint density at radius 3 is 1.67 bits per heavy atom. The van der Waals surface area contributed by atoms with Gasteiger partial charge in [0, 0.05) is 0 Å². The van der Waals surface area contributed by atoms with Crippen LogP contribution in [-0.2, 0) is 6.42 Å². The molecule has 0 aliphatic heterocycles. The maximum absolute atomic E-state index is 11.0. The molecule has 0 fully saturated rings. The summed E-state index contributed by atoms with van der Waals surface area (Å²) in [7, 11) is 0. The van der Waals surface area contributed by atoms with Crippen molar-refractivity contribution in [3.8, 4) is 0 Å². The Morgan fingerprint density at radius 1 is 0.944 bits per heavy atom. The molecule has 0 bridgehead atoms. The average molecular weight is 251 g/mol. The Morgan fingerprint density at radius 2 is 1.39 bits per heavy atom. The Hall–Kier alpha value is -2.37. The van der Waals surface area contributed by atoms with E-state index in [1.54, 1.807) is 0 Å². The Balaban J connectivity index is 3.60. The van der Waals surface area contributed by atoms with Gasteiger partial charge in [-0.1, -0.05) is 6.92 Å². The molecular weight excluding hydrogens is 240 g/mol. The van der Waals surface area contributed by atoms with Gasteiger partial charge in [-0.3, -0.25) is 0 Å². The second kappa shape index (κ2) is 5.31. The van der Waals surface area contributed by atoms with Crippen molar-refractivity contribution in [2.45, 2.75) is 12.8 Å². The third kappa shape index (κ3) is 2.65. The number of carbonyl (C=O) groups is 3. The number of carboxylic acids is 3. The van der Waals surface area contributed by atoms with Crippen molar-refractivity contribution in [3.63, 3.8) is 0 Å². The van der Waals surface area contributed by atoms with Gasteiger partial charge in [-0.05, 0) is 30.5 Å². The summed E-state index contributed by atoms with van der Waals surface area (Å²) in [5.41, 5.74) is -1.32. The smallest absolute Gasteiger partial charge is 0.337 e. The zero-order valence-electron chi connectivity index (χ0n) is 9.34. The van der Waals surface area contributed by atoms with Crippen molar-refractivity contribution in [3.05, 3.63) is 41.3 Å². The highest BCUT2D eigenvalue weighted by Crippen LogP contribution is 2.20. The molecule has 3 N–H and O–H groups in total. The SMILES string of the molecule is [CH2]CCc1cc(C(=O)O)c(C(=O)O)c(C(=O)O)c1. The molecule has 0 heterocycles. The first-order chi connectivity index (χ1) is 8.38. The minimum absolute atomic E-state index is 0.375. The second-order valence-electron chi connectivity index (χ2n) is 3.58. The van der Waals surface area contributed by atoms with E-state index in [-0.39, 0.29) is 0 Å². The van der Waals surface area contributed by atoms with Crippen LogP contribution < -0.4 is 0 Å². The van der Waals surface area contributed by atoms with Crippen LogP contribution in [0.1, 0.15) is 43.1 Å². The number of carboxylic acid groups (broad SMARTS) is 3. The molecule has 0 saturated heterocycles. The molecule has 95 valence electrons. The maximum atomic E-state index is 11.0. The van der Waals surface area contributed by atoms with Gasteiger partial charge < -0.3 is 15.3 Å². The molecule has 0 aromatic heterocycles. The van der Waals surface area contributed by atoms with Crippen molar-refractivity contribution >= 4 is 17.9 Å². The van der Waals surface area contributed by atoms with Crippen LogP contribution in [0.4, 0.5) is 0 Å². The lowest BCUT2D eigenvalue weighted by Crippen LogP contribution is -2.15. The van der Waals surface area contributed by atoms with Crippen molar-refractivity contribution in [2.24, 2.45) is 0 Å². The fourth-order valence-corrected chi connectivity index (χ4v) is 1.62. The molecule has 0 aliphatic carbocycles. The lowest BCUT2D eigenvalue weighted by Gasteiger charge is -2.09. The molecule has 1 aromatic rings. The van der Waals surface area contributed by atoms with E-state index in [1.165, 1.54) is 12.1 Å². The molecule has 1 radical (unpaired) electrons. The van der Waals surface area contributed by atoms with Crippen molar-refractivity contribution < 1.29 is 29.7 Å². The average Bonchev–Trinajstić information content (AvgIpc) is 2.27. The van der Waals surface area contributed by atoms with E-state index >= 15 is 0 Å². The van der Waals surface area contributed by atoms with Crippen LogP contribution in [0.3, 0.4) is 0 Å². The first-order valence-electron chi connectivity index (χ1n) is 5.04. The first kappa shape index (κ1) is 13.7. The molecule has 0 amide bonds. The largest absolute Gasteiger partial charge is 0.478 e. The molecule has 0 spiro atoms. The van der Waals surface area contributed by atoms with Crippen LogP contribution in [0.25, 0.3) is 0 Å². The standard InChI is InChI=1S/C12H11O6/c1-2-3-6-4-7(10(13)14)9(12(17)18)8(5-6)11(15)16/h4-5H,1-3H2,(H,13,14)(H,15,16)(H,17,18). The highest BCUT2D eigenvalue weighted by atomic mass is 16.4. The topological polar surface area (TPSA) is 112 Å². The lowest BCUT2D eigenvalue weighted by atomic mass is 9.95. The molecule has 0 aliphatic rings. The highest BCUT2D eigenvalue weighted by molar-refractivity contribution is 6.09. The minimum atomic E-state index is -1.58. The fraction of sp³-hybridized carbons (Fsp3) is 0.167. The van der Waals surface area contributed by atoms with Gasteiger partial charge in [-0.2, -0.15) is 0 Å². The van der Waals surface area contributed by atoms with Gasteiger partial charge >= 0.3 is 17.9 Å². The highest BCUT2D eigenvalue weighted by Gasteiger charge is 2.24. The van der Waals surface area contributed by atoms with Crippen molar-refractivity contribution in [1.29, 1.82) is 0 Å². The van der Waals surface area contributed by atoms with Crippen LogP contribution >= 0.6 is 0 Å². The molecule has 0 unspecified atom stereocenters. The lowest BCUT2D eigenvalue weighted by molar-refractivity contribution is 0.0633. The number of hydrogen-bond acceptors (Lipinski definition) is 3. The minimum Gasteiger partial charge on any atom is -0.478 e. The van der Waals surface area contributed by atoms with Gasteiger partial charge in [0.05, 0.1) is 16.7 Å². The van der Waals surface area contributed by atoms with Crippen LogP contribution in [0.2, 0.25) is 0 Å². The van der Waals surface area contributed by atoms with E-state index in [2.05, 4.69) is 6.92 Å². The van der Waals surface area contributed by atoms with Crippen LogP contribution in [0.15, 0.2) is 12.1 Å². The molecule has 1 aromatic carbocycles. The van der Waals surface area contributed by atoms with Crippen LogP contribution in [-0.4, -0.2) is 33.2 Å². The number of benzene rings is 1. The summed E-state index contributed by atoms with van der Waals surface area (Å²) >= 11 is 0. The van der Waals surface area contributed by atoms with Gasteiger partial charge in [0.15, 0.2) is 0 Å². The zero-order chi connectivity index (χ0) is 13.9. The summed E-state index contributed by atoms with van der Waals surface area (Å²) in [6, 6.07) is 2.34. The van der Waals surface area contributed by atoms with Gasteiger partial charge in [0.1, 0.15) is 0 Å². The van der Waals surface area contributed by atoms with E-state index in [1.807, 2.05) is 0 Å². The monoisotopic (exact) mass is 251 g/mol. The summed E-state index contributed by atoms with van der Waals surface area (Å²) in [6.45, 7) is 3.58. The number of rotatable bonds is 5. The molecule has 1 rings (SSSR count). The first-order valence-corrected chi connectivity index (χ1v) is 5.04. The number of aromatic carboxylic acids is 3. The van der Waals surface area contributed by atoms with Gasteiger partial charge in [-0.15, -0.1) is 0 Å². The Labute approximate surface area is 102 Å². The van der Waals surface area contributed by atoms with E-state index < -0.39 is 34.6 Å². The summed E-state index contributed by atoms with van der Waals surface area (Å²) in [4.78, 5) is 33.0. The molecule has 0 atom stereocenters. The number of aryl methyl sites for hydroxylation is 1. The molecule has 6 nitrogen and oxygen atoms in total. The zero-order valence-corrected chi connectivity index (χ0v) is 9.34. The Bertz CT molecular complexity index is 482. The van der Waals surface area contributed by atoms with E-state index in [9.17, 15) is 14.4 Å². The maximum Gasteiger partial charge on any atom is 0.337 e. The van der Waals surface area contributed by atoms with Crippen molar-refractivity contribution in [1.82, 2.24) is 0 Å².